The summed E-state index contributed by atoms with van der Waals surface area (Å²) in [5, 5.41) is 35.5. The summed E-state index contributed by atoms with van der Waals surface area (Å²) in [4.78, 5) is 0. The highest BCUT2D eigenvalue weighted by Gasteiger charge is 2.70. The fourth-order valence-electron chi connectivity index (χ4n) is 13.5. The summed E-state index contributed by atoms with van der Waals surface area (Å²) in [6, 6.07) is 0. The molecule has 5 fully saturated rings. The van der Waals surface area contributed by atoms with Crippen LogP contribution < -0.4 is 0 Å². The van der Waals surface area contributed by atoms with Crippen molar-refractivity contribution in [3.63, 3.8) is 0 Å². The molecule has 0 spiro atoms. The van der Waals surface area contributed by atoms with Crippen molar-refractivity contribution in [1.82, 2.24) is 0 Å². The fourth-order valence-corrected chi connectivity index (χ4v) is 13.5. The number of aliphatic hydroxyl groups excluding tert-OH is 3. The van der Waals surface area contributed by atoms with Crippen LogP contribution in [0.5, 0.6) is 0 Å². The molecule has 5 saturated carbocycles. The summed E-state index contributed by atoms with van der Waals surface area (Å²) < 4.78 is 0. The Bertz CT molecular complexity index is 915. The Balaban J connectivity index is 1.52. The van der Waals surface area contributed by atoms with Crippen LogP contribution in [0, 0.1) is 93.2 Å². The largest absolute Gasteiger partial charge is 0.393 e. The second-order valence-electron chi connectivity index (χ2n) is 18.1. The Kier molecular flexibility index (Phi) is 8.22. The van der Waals surface area contributed by atoms with E-state index in [-0.39, 0.29) is 40.1 Å². The van der Waals surface area contributed by atoms with Crippen LogP contribution in [-0.4, -0.2) is 33.6 Å². The van der Waals surface area contributed by atoms with Crippen molar-refractivity contribution in [2.24, 2.45) is 93.2 Å². The molecule has 0 radical (unpaired) electrons. The zero-order chi connectivity index (χ0) is 29.7. The summed E-state index contributed by atoms with van der Waals surface area (Å²) in [7, 11) is 0. The Morgan fingerprint density at radius 1 is 0.775 bits per heavy atom. The van der Waals surface area contributed by atoms with Crippen LogP contribution in [0.25, 0.3) is 0 Å². The first kappa shape index (κ1) is 31.3. The highest BCUT2D eigenvalue weighted by atomic mass is 16.3. The maximum absolute atomic E-state index is 12.7. The highest BCUT2D eigenvalue weighted by Crippen LogP contribution is 2.73. The molecule has 18 atom stereocenters. The zero-order valence-electron chi connectivity index (χ0n) is 28.0. The Morgan fingerprint density at radius 2 is 1.43 bits per heavy atom. The first-order valence-corrected chi connectivity index (χ1v) is 17.5. The molecule has 3 heteroatoms. The summed E-state index contributed by atoms with van der Waals surface area (Å²) in [6.07, 6.45) is 7.47. The van der Waals surface area contributed by atoms with Gasteiger partial charge in [0.2, 0.25) is 0 Å². The maximum Gasteiger partial charge on any atom is 0.0656 e. The van der Waals surface area contributed by atoms with Crippen molar-refractivity contribution in [2.75, 3.05) is 0 Å². The lowest BCUT2D eigenvalue weighted by Crippen LogP contribution is -2.70. The number of hydrogen-bond acceptors (Lipinski definition) is 3. The van der Waals surface area contributed by atoms with Gasteiger partial charge in [-0.05, 0) is 127 Å². The molecule has 5 rings (SSSR count). The molecule has 0 saturated heterocycles. The lowest BCUT2D eigenvalue weighted by molar-refractivity contribution is -0.282. The van der Waals surface area contributed by atoms with Crippen molar-refractivity contribution in [1.29, 1.82) is 0 Å². The van der Waals surface area contributed by atoms with Crippen LogP contribution in [-0.2, 0) is 0 Å². The van der Waals surface area contributed by atoms with Gasteiger partial charge in [0.25, 0.3) is 0 Å². The van der Waals surface area contributed by atoms with Crippen molar-refractivity contribution < 1.29 is 15.3 Å². The van der Waals surface area contributed by atoms with E-state index in [4.69, 9.17) is 0 Å². The van der Waals surface area contributed by atoms with Gasteiger partial charge < -0.3 is 15.3 Å². The van der Waals surface area contributed by atoms with Crippen LogP contribution in [0.4, 0.5) is 0 Å². The van der Waals surface area contributed by atoms with Crippen molar-refractivity contribution in [2.45, 2.75) is 139 Å². The molecule has 5 aliphatic carbocycles. The van der Waals surface area contributed by atoms with E-state index in [1.165, 1.54) is 32.1 Å². The molecule has 0 aromatic heterocycles. The van der Waals surface area contributed by atoms with Gasteiger partial charge >= 0.3 is 0 Å². The lowest BCUT2D eigenvalue weighted by Gasteiger charge is -2.72. The van der Waals surface area contributed by atoms with Gasteiger partial charge in [0.1, 0.15) is 0 Å². The third-order valence-electron chi connectivity index (χ3n) is 15.8. The second kappa shape index (κ2) is 10.5. The molecule has 3 nitrogen and oxygen atoms in total. The Hall–Kier alpha value is -0.120. The van der Waals surface area contributed by atoms with Crippen molar-refractivity contribution in [3.05, 3.63) is 0 Å². The molecule has 232 valence electrons. The summed E-state index contributed by atoms with van der Waals surface area (Å²) in [6.45, 7) is 26.2. The molecular weight excluding hydrogens is 492 g/mol. The maximum atomic E-state index is 12.7. The molecule has 0 bridgehead atoms. The summed E-state index contributed by atoms with van der Waals surface area (Å²) >= 11 is 0. The van der Waals surface area contributed by atoms with Crippen LogP contribution >= 0.6 is 0 Å². The van der Waals surface area contributed by atoms with Crippen LogP contribution in [0.2, 0.25) is 0 Å². The molecule has 0 heterocycles. The van der Waals surface area contributed by atoms with Gasteiger partial charge in [-0.2, -0.15) is 0 Å². The van der Waals surface area contributed by atoms with Gasteiger partial charge in [-0.1, -0.05) is 75.7 Å². The molecule has 18 unspecified atom stereocenters. The van der Waals surface area contributed by atoms with E-state index in [1.807, 2.05) is 6.92 Å². The Labute approximate surface area is 247 Å². The van der Waals surface area contributed by atoms with E-state index in [0.717, 1.165) is 36.5 Å². The minimum atomic E-state index is -0.545. The van der Waals surface area contributed by atoms with Gasteiger partial charge in [0, 0.05) is 11.3 Å². The molecule has 0 aromatic carbocycles. The molecule has 5 aliphatic rings. The van der Waals surface area contributed by atoms with E-state index in [2.05, 4.69) is 69.2 Å². The normalized spacial score (nSPS) is 59.5. The SMILES string of the molecule is CC(C)C1CC(C2CCC(C)C(C)C2)C(C)C2C(O)C3C(C)C4(C)C(O)C(C(C)O)C(C)CC4(C)CC3(C)CC12. The number of aliphatic hydroxyl groups is 3. The fraction of sp³-hybridized carbons (Fsp3) is 1.00. The number of rotatable bonds is 3. The van der Waals surface area contributed by atoms with Gasteiger partial charge in [-0.25, -0.2) is 0 Å². The minimum Gasteiger partial charge on any atom is -0.393 e. The standard InChI is InChI=1S/C37H66O3/c1-19(2)27-15-28(26-13-12-20(3)21(4)14-26)23(6)31-29(27)17-35(9)18-36(10)16-22(5)30(25(8)38)34(40)37(36,11)24(7)32(35)33(31)39/h19-34,38-40H,12-18H2,1-11H3. The molecular formula is C37H66O3. The number of fused-ring (bicyclic) bond motifs is 3. The van der Waals surface area contributed by atoms with E-state index < -0.39 is 12.2 Å². The highest BCUT2D eigenvalue weighted by molar-refractivity contribution is 5.19. The van der Waals surface area contributed by atoms with Gasteiger partial charge in [-0.15, -0.1) is 0 Å². The van der Waals surface area contributed by atoms with Crippen LogP contribution in [0.1, 0.15) is 121 Å². The van der Waals surface area contributed by atoms with E-state index in [9.17, 15) is 15.3 Å². The minimum absolute atomic E-state index is 0.000475. The predicted molar refractivity (Wildman–Crippen MR) is 165 cm³/mol. The molecule has 0 aromatic rings. The van der Waals surface area contributed by atoms with E-state index in [0.29, 0.717) is 35.5 Å². The summed E-state index contributed by atoms with van der Waals surface area (Å²) in [5.41, 5.74) is -0.234. The first-order chi connectivity index (χ1) is 18.5. The molecule has 0 amide bonds. The third kappa shape index (κ3) is 4.43. The zero-order valence-corrected chi connectivity index (χ0v) is 28.0. The van der Waals surface area contributed by atoms with Crippen LogP contribution in [0.3, 0.4) is 0 Å². The third-order valence-corrected chi connectivity index (χ3v) is 15.8. The van der Waals surface area contributed by atoms with E-state index >= 15 is 0 Å². The number of hydrogen-bond donors (Lipinski definition) is 3. The quantitative estimate of drug-likeness (QED) is 0.328. The van der Waals surface area contributed by atoms with E-state index in [1.54, 1.807) is 0 Å². The van der Waals surface area contributed by atoms with Crippen molar-refractivity contribution in [3.8, 4) is 0 Å². The lowest BCUT2D eigenvalue weighted by atomic mass is 9.33. The smallest absolute Gasteiger partial charge is 0.0656 e. The predicted octanol–water partition coefficient (Wildman–Crippen LogP) is 8.06. The molecule has 40 heavy (non-hydrogen) atoms. The molecule has 0 aliphatic heterocycles. The second-order valence-corrected chi connectivity index (χ2v) is 18.1. The Morgan fingerprint density at radius 3 is 2.00 bits per heavy atom. The topological polar surface area (TPSA) is 60.7 Å². The summed E-state index contributed by atoms with van der Waals surface area (Å²) in [5.74, 6) is 6.65. The van der Waals surface area contributed by atoms with Crippen molar-refractivity contribution >= 4 is 0 Å². The average Bonchev–Trinajstić information content (AvgIpc) is 2.82. The first-order valence-electron chi connectivity index (χ1n) is 17.5. The van der Waals surface area contributed by atoms with Crippen LogP contribution in [0.15, 0.2) is 0 Å². The average molecular weight is 559 g/mol. The molecule has 3 N–H and O–H groups in total. The van der Waals surface area contributed by atoms with Gasteiger partial charge in [0.05, 0.1) is 18.3 Å². The monoisotopic (exact) mass is 559 g/mol. The van der Waals surface area contributed by atoms with Gasteiger partial charge in [-0.3, -0.25) is 0 Å². The van der Waals surface area contributed by atoms with Gasteiger partial charge in [0.15, 0.2) is 0 Å².